The van der Waals surface area contributed by atoms with Gasteiger partial charge in [-0.2, -0.15) is 0 Å². The average Bonchev–Trinajstić information content (AvgIpc) is 3.23. The van der Waals surface area contributed by atoms with Crippen molar-refractivity contribution in [1.82, 2.24) is 0 Å². The van der Waals surface area contributed by atoms with Gasteiger partial charge >= 0.3 is 8.80 Å². The fourth-order valence-corrected chi connectivity index (χ4v) is 4.48. The molecule has 1 saturated heterocycles. The van der Waals surface area contributed by atoms with Crippen LogP contribution in [0.4, 0.5) is 5.69 Å². The van der Waals surface area contributed by atoms with E-state index < -0.39 is 8.80 Å². The first-order valence-electron chi connectivity index (χ1n) is 5.92. The van der Waals surface area contributed by atoms with Gasteiger partial charge in [-0.15, -0.1) is 0 Å². The second-order valence-corrected chi connectivity index (χ2v) is 7.35. The largest absolute Gasteiger partial charge is 0.525 e. The van der Waals surface area contributed by atoms with E-state index in [1.54, 1.807) is 21.3 Å². The molecule has 1 aromatic carbocycles. The Morgan fingerprint density at radius 3 is 2.17 bits per heavy atom. The van der Waals surface area contributed by atoms with E-state index >= 15 is 0 Å². The van der Waals surface area contributed by atoms with Crippen LogP contribution in [0.5, 0.6) is 0 Å². The van der Waals surface area contributed by atoms with Gasteiger partial charge in [-0.05, 0) is 17.7 Å². The van der Waals surface area contributed by atoms with Crippen molar-refractivity contribution in [3.63, 3.8) is 0 Å². The third-order valence-electron chi connectivity index (χ3n) is 3.38. The topological polar surface area (TPSA) is 56.7 Å². The molecule has 100 valence electrons. The van der Waals surface area contributed by atoms with Crippen molar-refractivity contribution >= 4 is 14.5 Å². The number of hydrogen-bond donors (Lipinski definition) is 1. The summed E-state index contributed by atoms with van der Waals surface area (Å²) in [6, 6.07) is 8.23. The van der Waals surface area contributed by atoms with E-state index in [0.29, 0.717) is 6.54 Å². The molecule has 1 aliphatic rings. The molecule has 0 aromatic heterocycles. The number of benzene rings is 1. The number of hydrogen-bond acceptors (Lipinski definition) is 5. The predicted molar refractivity (Wildman–Crippen MR) is 72.2 cm³/mol. The van der Waals surface area contributed by atoms with Gasteiger partial charge in [-0.3, -0.25) is 0 Å². The normalized spacial score (nSPS) is 19.1. The molecule has 1 heterocycles. The molecule has 1 atom stereocenters. The molecule has 5 nitrogen and oxygen atoms in total. The summed E-state index contributed by atoms with van der Waals surface area (Å²) in [7, 11) is 2.39. The van der Waals surface area contributed by atoms with Gasteiger partial charge in [0.2, 0.25) is 0 Å². The van der Waals surface area contributed by atoms with Gasteiger partial charge in [-0.1, -0.05) is 12.1 Å². The van der Waals surface area contributed by atoms with Crippen molar-refractivity contribution in [3.05, 3.63) is 29.8 Å². The molecule has 0 aliphatic carbocycles. The quantitative estimate of drug-likeness (QED) is 0.609. The molecular formula is C12H20N2O3Si. The second kappa shape index (κ2) is 5.37. The number of nitrogens with two attached hydrogens (primary N) is 1. The minimum Gasteiger partial charge on any atom is -0.376 e. The van der Waals surface area contributed by atoms with Gasteiger partial charge in [0, 0.05) is 40.1 Å². The van der Waals surface area contributed by atoms with Crippen molar-refractivity contribution in [2.75, 3.05) is 32.8 Å². The summed E-state index contributed by atoms with van der Waals surface area (Å²) in [5.74, 6) is 0. The highest BCUT2D eigenvalue weighted by Crippen LogP contribution is 2.34. The van der Waals surface area contributed by atoms with Crippen molar-refractivity contribution in [2.24, 2.45) is 5.73 Å². The molecule has 0 radical (unpaired) electrons. The van der Waals surface area contributed by atoms with Crippen molar-refractivity contribution in [1.29, 1.82) is 0 Å². The zero-order chi connectivity index (χ0) is 13.2. The summed E-state index contributed by atoms with van der Waals surface area (Å²) in [5.41, 5.74) is 8.08. The van der Waals surface area contributed by atoms with Crippen LogP contribution in [0.1, 0.15) is 5.56 Å². The first-order valence-corrected chi connectivity index (χ1v) is 7.72. The van der Waals surface area contributed by atoms with Gasteiger partial charge in [0.25, 0.3) is 0 Å². The Balaban J connectivity index is 2.09. The standard InChI is InChI=1S/C12H20N2O3Si/c1-15-18(16-2,17-3)12-9-14(12)11-6-4-10(8-13)5-7-11/h4-7,12H,8-9,13H2,1-3H3. The lowest BCUT2D eigenvalue weighted by Crippen LogP contribution is -2.50. The zero-order valence-corrected chi connectivity index (χ0v) is 12.1. The molecule has 1 fully saturated rings. The molecule has 2 rings (SSSR count). The Bertz CT molecular complexity index is 387. The molecule has 1 unspecified atom stereocenters. The third kappa shape index (κ3) is 2.30. The highest BCUT2D eigenvalue weighted by molar-refractivity contribution is 6.64. The Morgan fingerprint density at radius 1 is 1.17 bits per heavy atom. The van der Waals surface area contributed by atoms with Crippen LogP contribution < -0.4 is 10.6 Å². The molecule has 0 bridgehead atoms. The number of anilines is 1. The fourth-order valence-electron chi connectivity index (χ4n) is 2.21. The maximum Gasteiger partial charge on any atom is 0.525 e. The van der Waals surface area contributed by atoms with Crippen LogP contribution in [-0.4, -0.2) is 42.3 Å². The summed E-state index contributed by atoms with van der Waals surface area (Å²) in [6.07, 6.45) is 0. The fraction of sp³-hybridized carbons (Fsp3) is 0.500. The van der Waals surface area contributed by atoms with E-state index in [-0.39, 0.29) is 5.67 Å². The molecule has 0 spiro atoms. The molecule has 6 heteroatoms. The highest BCUT2D eigenvalue weighted by atomic mass is 28.4. The minimum absolute atomic E-state index is 0.209. The van der Waals surface area contributed by atoms with E-state index in [2.05, 4.69) is 17.0 Å². The van der Waals surface area contributed by atoms with E-state index in [9.17, 15) is 0 Å². The first-order chi connectivity index (χ1) is 8.70. The summed E-state index contributed by atoms with van der Waals surface area (Å²) in [6.45, 7) is 1.47. The highest BCUT2D eigenvalue weighted by Gasteiger charge is 2.59. The summed E-state index contributed by atoms with van der Waals surface area (Å²) < 4.78 is 16.5. The van der Waals surface area contributed by atoms with E-state index in [1.807, 2.05) is 12.1 Å². The molecular weight excluding hydrogens is 248 g/mol. The number of nitrogens with zero attached hydrogens (tertiary/aromatic N) is 1. The molecule has 0 amide bonds. The monoisotopic (exact) mass is 268 g/mol. The third-order valence-corrected chi connectivity index (χ3v) is 6.40. The lowest BCUT2D eigenvalue weighted by molar-refractivity contribution is 0.123. The number of rotatable bonds is 6. The van der Waals surface area contributed by atoms with Crippen LogP contribution in [0.15, 0.2) is 24.3 Å². The van der Waals surface area contributed by atoms with Crippen LogP contribution in [0.3, 0.4) is 0 Å². The maximum absolute atomic E-state index is 5.59. The molecule has 0 saturated carbocycles. The van der Waals surface area contributed by atoms with Crippen LogP contribution in [0, 0.1) is 0 Å². The van der Waals surface area contributed by atoms with Gasteiger partial charge in [0.15, 0.2) is 0 Å². The van der Waals surface area contributed by atoms with Crippen molar-refractivity contribution in [3.8, 4) is 0 Å². The lowest BCUT2D eigenvalue weighted by Gasteiger charge is -2.24. The second-order valence-electron chi connectivity index (χ2n) is 4.25. The summed E-state index contributed by atoms with van der Waals surface area (Å²) >= 11 is 0. The molecule has 18 heavy (non-hydrogen) atoms. The minimum atomic E-state index is -2.55. The Hall–Kier alpha value is -0.923. The Labute approximate surface area is 109 Å². The van der Waals surface area contributed by atoms with Crippen LogP contribution in [-0.2, 0) is 19.8 Å². The van der Waals surface area contributed by atoms with Gasteiger partial charge in [-0.25, -0.2) is 0 Å². The molecule has 1 aliphatic heterocycles. The van der Waals surface area contributed by atoms with Gasteiger partial charge in [0.05, 0.1) is 0 Å². The Kier molecular flexibility index (Phi) is 4.03. The summed E-state index contributed by atoms with van der Waals surface area (Å²) in [4.78, 5) is 2.23. The average molecular weight is 268 g/mol. The van der Waals surface area contributed by atoms with E-state index in [1.165, 1.54) is 0 Å². The first kappa shape index (κ1) is 13.5. The predicted octanol–water partition coefficient (Wildman–Crippen LogP) is 0.751. The van der Waals surface area contributed by atoms with Crippen LogP contribution >= 0.6 is 0 Å². The smallest absolute Gasteiger partial charge is 0.376 e. The van der Waals surface area contributed by atoms with Gasteiger partial charge in [0.1, 0.15) is 5.67 Å². The SMILES string of the molecule is CO[Si](OC)(OC)C1CN1c1ccc(CN)cc1. The van der Waals surface area contributed by atoms with E-state index in [4.69, 9.17) is 19.0 Å². The molecule has 2 N–H and O–H groups in total. The van der Waals surface area contributed by atoms with E-state index in [0.717, 1.165) is 17.8 Å². The Morgan fingerprint density at radius 2 is 1.72 bits per heavy atom. The molecule has 1 aromatic rings. The van der Waals surface area contributed by atoms with Crippen molar-refractivity contribution in [2.45, 2.75) is 12.2 Å². The summed E-state index contributed by atoms with van der Waals surface area (Å²) in [5, 5.41) is 0. The van der Waals surface area contributed by atoms with Crippen LogP contribution in [0.2, 0.25) is 0 Å². The lowest BCUT2D eigenvalue weighted by atomic mass is 10.2. The zero-order valence-electron chi connectivity index (χ0n) is 11.1. The van der Waals surface area contributed by atoms with Crippen LogP contribution in [0.25, 0.3) is 0 Å². The van der Waals surface area contributed by atoms with Crippen molar-refractivity contribution < 1.29 is 13.3 Å². The maximum atomic E-state index is 5.59. The van der Waals surface area contributed by atoms with Gasteiger partial charge < -0.3 is 23.9 Å².